The third kappa shape index (κ3) is 3.61. The van der Waals surface area contributed by atoms with Crippen LogP contribution in [0.5, 0.6) is 0 Å². The zero-order valence-corrected chi connectivity index (χ0v) is 17.5. The number of hydrogen-bond acceptors (Lipinski definition) is 9. The topological polar surface area (TPSA) is 157 Å². The van der Waals surface area contributed by atoms with Gasteiger partial charge in [0.05, 0.1) is 15.5 Å². The highest BCUT2D eigenvalue weighted by Crippen LogP contribution is 2.41. The molecule has 0 unspecified atom stereocenters. The fourth-order valence-corrected chi connectivity index (χ4v) is 5.66. The number of nitrogens with two attached hydrogens (primary N) is 2. The number of nitro benzene ring substituents is 1. The molecular weight excluding hydrogens is 420 g/mol. The lowest BCUT2D eigenvalue weighted by atomic mass is 9.87. The standard InChI is InChI=1S/C20H22N6O4S/c21-18-23-19(22)25(20(24-18)11-5-2-6-12-20)14-9-10-17(16(13-14)26(27)28)31(29,30)15-7-3-1-4-8-15/h1,3-4,7-10,13H,2,5-6,11-12H2,(H4,21,22,23,24). The van der Waals surface area contributed by atoms with E-state index in [1.807, 2.05) is 0 Å². The Morgan fingerprint density at radius 3 is 2.35 bits per heavy atom. The van der Waals surface area contributed by atoms with Crippen LogP contribution < -0.4 is 16.4 Å². The van der Waals surface area contributed by atoms with E-state index in [1.165, 1.54) is 30.3 Å². The molecule has 11 heteroatoms. The van der Waals surface area contributed by atoms with Crippen molar-refractivity contribution in [2.24, 2.45) is 21.5 Å². The van der Waals surface area contributed by atoms with Gasteiger partial charge < -0.3 is 11.5 Å². The Hall–Kier alpha value is -3.47. The monoisotopic (exact) mass is 442 g/mol. The summed E-state index contributed by atoms with van der Waals surface area (Å²) in [5.41, 5.74) is 11.1. The van der Waals surface area contributed by atoms with E-state index in [0.29, 0.717) is 18.5 Å². The summed E-state index contributed by atoms with van der Waals surface area (Å²) in [6.45, 7) is 0. The molecule has 2 aliphatic rings. The zero-order valence-electron chi connectivity index (χ0n) is 16.6. The molecule has 0 saturated heterocycles. The van der Waals surface area contributed by atoms with Gasteiger partial charge in [0, 0.05) is 6.07 Å². The van der Waals surface area contributed by atoms with Crippen molar-refractivity contribution in [3.63, 3.8) is 0 Å². The lowest BCUT2D eigenvalue weighted by Crippen LogP contribution is -2.58. The fourth-order valence-electron chi connectivity index (χ4n) is 4.24. The first-order valence-corrected chi connectivity index (χ1v) is 11.3. The van der Waals surface area contributed by atoms with Crippen molar-refractivity contribution in [3.8, 4) is 0 Å². The molecule has 4 rings (SSSR count). The molecule has 1 fully saturated rings. The summed E-state index contributed by atoms with van der Waals surface area (Å²) in [4.78, 5) is 20.9. The lowest BCUT2D eigenvalue weighted by Gasteiger charge is -2.45. The van der Waals surface area contributed by atoms with Crippen LogP contribution in [-0.2, 0) is 9.84 Å². The van der Waals surface area contributed by atoms with Crippen molar-refractivity contribution in [1.82, 2.24) is 0 Å². The minimum absolute atomic E-state index is 0.0222. The van der Waals surface area contributed by atoms with Gasteiger partial charge >= 0.3 is 0 Å². The van der Waals surface area contributed by atoms with Crippen molar-refractivity contribution in [2.75, 3.05) is 4.90 Å². The van der Waals surface area contributed by atoms with Gasteiger partial charge in [0.1, 0.15) is 10.6 Å². The third-order valence-corrected chi connectivity index (χ3v) is 7.41. The van der Waals surface area contributed by atoms with Gasteiger partial charge in [0.15, 0.2) is 0 Å². The number of guanidine groups is 2. The summed E-state index contributed by atoms with van der Waals surface area (Å²) in [7, 11) is -4.09. The SMILES string of the molecule is NC1=NC2(CCCCC2)N(c2ccc(S(=O)(=O)c3ccccc3)c([N+](=O)[O-])c2)C(N)=N1. The van der Waals surface area contributed by atoms with Gasteiger partial charge in [0.25, 0.3) is 5.69 Å². The van der Waals surface area contributed by atoms with Crippen LogP contribution in [-0.4, -0.2) is 30.9 Å². The average Bonchev–Trinajstić information content (AvgIpc) is 2.74. The van der Waals surface area contributed by atoms with E-state index < -0.39 is 26.1 Å². The molecular formula is C20H22N6O4S. The molecule has 0 aromatic heterocycles. The maximum Gasteiger partial charge on any atom is 0.290 e. The van der Waals surface area contributed by atoms with Gasteiger partial charge in [-0.1, -0.05) is 24.6 Å². The highest BCUT2D eigenvalue weighted by atomic mass is 32.2. The summed E-state index contributed by atoms with van der Waals surface area (Å²) in [6, 6.07) is 11.5. The van der Waals surface area contributed by atoms with Crippen molar-refractivity contribution in [3.05, 3.63) is 58.6 Å². The molecule has 2 aromatic carbocycles. The number of aliphatic imine (C=N–C) groups is 2. The molecule has 1 aliphatic heterocycles. The Morgan fingerprint density at radius 1 is 1.03 bits per heavy atom. The van der Waals surface area contributed by atoms with E-state index in [0.717, 1.165) is 19.3 Å². The van der Waals surface area contributed by atoms with E-state index in [2.05, 4.69) is 9.98 Å². The van der Waals surface area contributed by atoms with Crippen LogP contribution in [0.15, 0.2) is 68.3 Å². The number of benzene rings is 2. The zero-order chi connectivity index (χ0) is 22.2. The number of anilines is 1. The quantitative estimate of drug-likeness (QED) is 0.544. The Morgan fingerprint density at radius 2 is 1.71 bits per heavy atom. The molecule has 162 valence electrons. The first kappa shape index (κ1) is 20.8. The van der Waals surface area contributed by atoms with Gasteiger partial charge in [-0.15, -0.1) is 0 Å². The maximum atomic E-state index is 13.0. The van der Waals surface area contributed by atoms with E-state index in [-0.39, 0.29) is 21.7 Å². The van der Waals surface area contributed by atoms with E-state index in [1.54, 1.807) is 23.1 Å². The number of rotatable bonds is 4. The number of nitrogens with zero attached hydrogens (tertiary/aromatic N) is 4. The van der Waals surface area contributed by atoms with Crippen molar-refractivity contribution >= 4 is 33.1 Å². The molecule has 10 nitrogen and oxygen atoms in total. The Bertz CT molecular complexity index is 1190. The van der Waals surface area contributed by atoms with Crippen LogP contribution in [0.25, 0.3) is 0 Å². The van der Waals surface area contributed by atoms with Crippen LogP contribution in [0.3, 0.4) is 0 Å². The van der Waals surface area contributed by atoms with Crippen molar-refractivity contribution in [2.45, 2.75) is 47.6 Å². The first-order chi connectivity index (χ1) is 14.7. The molecule has 1 aliphatic carbocycles. The average molecular weight is 443 g/mol. The molecule has 31 heavy (non-hydrogen) atoms. The van der Waals surface area contributed by atoms with Crippen molar-refractivity contribution in [1.29, 1.82) is 0 Å². The normalized spacial score (nSPS) is 18.4. The van der Waals surface area contributed by atoms with Crippen LogP contribution in [0.2, 0.25) is 0 Å². The van der Waals surface area contributed by atoms with E-state index in [9.17, 15) is 18.5 Å². The summed E-state index contributed by atoms with van der Waals surface area (Å²) in [6.07, 6.45) is 4.13. The van der Waals surface area contributed by atoms with E-state index >= 15 is 0 Å². The maximum absolute atomic E-state index is 13.0. The predicted octanol–water partition coefficient (Wildman–Crippen LogP) is 2.54. The summed E-state index contributed by atoms with van der Waals surface area (Å²) in [5, 5.41) is 11.8. The fraction of sp³-hybridized carbons (Fsp3) is 0.300. The summed E-state index contributed by atoms with van der Waals surface area (Å²) < 4.78 is 26.1. The van der Waals surface area contributed by atoms with Gasteiger partial charge in [-0.05, 0) is 49.9 Å². The van der Waals surface area contributed by atoms with Gasteiger partial charge in [-0.25, -0.2) is 13.4 Å². The largest absolute Gasteiger partial charge is 0.369 e. The molecule has 1 spiro atoms. The molecule has 1 saturated carbocycles. The van der Waals surface area contributed by atoms with Crippen LogP contribution >= 0.6 is 0 Å². The Labute approximate surface area is 179 Å². The third-order valence-electron chi connectivity index (χ3n) is 5.59. The highest BCUT2D eigenvalue weighted by molar-refractivity contribution is 7.91. The van der Waals surface area contributed by atoms with Crippen LogP contribution in [0.1, 0.15) is 32.1 Å². The second kappa shape index (κ2) is 7.65. The Kier molecular flexibility index (Phi) is 5.13. The number of sulfone groups is 1. The molecule has 0 atom stereocenters. The van der Waals surface area contributed by atoms with Crippen LogP contribution in [0.4, 0.5) is 11.4 Å². The van der Waals surface area contributed by atoms with Gasteiger partial charge in [-0.3, -0.25) is 15.0 Å². The second-order valence-corrected chi connectivity index (χ2v) is 9.46. The smallest absolute Gasteiger partial charge is 0.290 e. The molecule has 0 bridgehead atoms. The van der Waals surface area contributed by atoms with Gasteiger partial charge in [0.2, 0.25) is 21.8 Å². The van der Waals surface area contributed by atoms with E-state index in [4.69, 9.17) is 11.5 Å². The number of hydrogen-bond donors (Lipinski definition) is 2. The molecule has 2 aromatic rings. The Balaban J connectivity index is 1.85. The minimum Gasteiger partial charge on any atom is -0.369 e. The van der Waals surface area contributed by atoms with Crippen molar-refractivity contribution < 1.29 is 13.3 Å². The highest BCUT2D eigenvalue weighted by Gasteiger charge is 2.43. The van der Waals surface area contributed by atoms with Gasteiger partial charge in [-0.2, -0.15) is 4.99 Å². The second-order valence-electron chi connectivity index (χ2n) is 7.54. The summed E-state index contributed by atoms with van der Waals surface area (Å²) >= 11 is 0. The molecule has 1 heterocycles. The summed E-state index contributed by atoms with van der Waals surface area (Å²) in [5.74, 6) is 0.135. The predicted molar refractivity (Wildman–Crippen MR) is 117 cm³/mol. The number of nitro groups is 1. The molecule has 0 amide bonds. The minimum atomic E-state index is -4.09. The molecule has 0 radical (unpaired) electrons. The molecule has 4 N–H and O–H groups in total. The lowest BCUT2D eigenvalue weighted by molar-refractivity contribution is -0.387. The van der Waals surface area contributed by atoms with Crippen LogP contribution in [0, 0.1) is 10.1 Å². The first-order valence-electron chi connectivity index (χ1n) is 9.83.